The van der Waals surface area contributed by atoms with E-state index in [2.05, 4.69) is 22.3 Å². The summed E-state index contributed by atoms with van der Waals surface area (Å²) in [6.07, 6.45) is 5.41. The third-order valence-corrected chi connectivity index (χ3v) is 5.45. The van der Waals surface area contributed by atoms with Crippen LogP contribution in [0.25, 0.3) is 0 Å². The molecule has 2 fully saturated rings. The minimum absolute atomic E-state index is 0.0530. The summed E-state index contributed by atoms with van der Waals surface area (Å²) in [6, 6.07) is 8.97. The van der Waals surface area contributed by atoms with Gasteiger partial charge in [-0.05, 0) is 30.9 Å². The number of benzene rings is 1. The van der Waals surface area contributed by atoms with Crippen LogP contribution in [0.1, 0.15) is 43.7 Å². The van der Waals surface area contributed by atoms with Crippen LogP contribution in [-0.4, -0.2) is 54.7 Å². The Balaban J connectivity index is 1.45. The van der Waals surface area contributed by atoms with Crippen molar-refractivity contribution in [3.05, 3.63) is 35.4 Å². The highest BCUT2D eigenvalue weighted by atomic mass is 16.5. The molecule has 0 atom stereocenters. The summed E-state index contributed by atoms with van der Waals surface area (Å²) >= 11 is 0. The largest absolute Gasteiger partial charge is 0.377 e. The van der Waals surface area contributed by atoms with Gasteiger partial charge in [-0.15, -0.1) is 0 Å². The molecule has 0 spiro atoms. The van der Waals surface area contributed by atoms with E-state index in [0.717, 1.165) is 43.3 Å². The number of carbonyl (C=O) groups is 1. The van der Waals surface area contributed by atoms with Crippen molar-refractivity contribution >= 4 is 6.03 Å². The third-order valence-electron chi connectivity index (χ3n) is 5.45. The van der Waals surface area contributed by atoms with Crippen molar-refractivity contribution in [2.75, 3.05) is 32.8 Å². The number of piperazine rings is 1. The lowest BCUT2D eigenvalue weighted by Crippen LogP contribution is -2.53. The third kappa shape index (κ3) is 4.95. The number of urea groups is 1. The topological polar surface area (TPSA) is 44.8 Å². The molecular formula is C20H31N3O2. The highest BCUT2D eigenvalue weighted by Crippen LogP contribution is 2.24. The number of carbonyl (C=O) groups excluding carboxylic acids is 1. The molecule has 1 aromatic rings. The molecule has 5 heteroatoms. The van der Waals surface area contributed by atoms with Gasteiger partial charge in [0, 0.05) is 45.4 Å². The van der Waals surface area contributed by atoms with Gasteiger partial charge < -0.3 is 15.0 Å². The second-order valence-corrected chi connectivity index (χ2v) is 7.03. The monoisotopic (exact) mass is 345 g/mol. The lowest BCUT2D eigenvalue weighted by molar-refractivity contribution is 0.109. The van der Waals surface area contributed by atoms with Crippen molar-refractivity contribution in [3.8, 4) is 0 Å². The molecule has 25 heavy (non-hydrogen) atoms. The molecule has 2 amide bonds. The highest BCUT2D eigenvalue weighted by molar-refractivity contribution is 5.74. The molecule has 0 bridgehead atoms. The molecule has 3 rings (SSSR count). The van der Waals surface area contributed by atoms with Gasteiger partial charge in [-0.3, -0.25) is 4.90 Å². The molecule has 1 saturated heterocycles. The van der Waals surface area contributed by atoms with Gasteiger partial charge >= 0.3 is 6.03 Å². The standard InChI is InChI=1S/C20H31N3O2/c1-2-25-16-18-8-4-3-7-17(18)15-21-20(24)23-13-11-22(12-14-23)19-9-5-6-10-19/h3-4,7-8,19H,2,5-6,9-16H2,1H3,(H,21,24). The van der Waals surface area contributed by atoms with Gasteiger partial charge in [-0.2, -0.15) is 0 Å². The average molecular weight is 345 g/mol. The molecule has 0 unspecified atom stereocenters. The Labute approximate surface area is 151 Å². The average Bonchev–Trinajstić information content (AvgIpc) is 3.20. The summed E-state index contributed by atoms with van der Waals surface area (Å²) in [5, 5.41) is 3.08. The van der Waals surface area contributed by atoms with Crippen LogP contribution < -0.4 is 5.32 Å². The number of hydrogen-bond donors (Lipinski definition) is 1. The molecule has 1 aliphatic heterocycles. The van der Waals surface area contributed by atoms with Crippen molar-refractivity contribution < 1.29 is 9.53 Å². The van der Waals surface area contributed by atoms with E-state index >= 15 is 0 Å². The lowest BCUT2D eigenvalue weighted by atomic mass is 10.1. The SMILES string of the molecule is CCOCc1ccccc1CNC(=O)N1CCN(C2CCCC2)CC1. The van der Waals surface area contributed by atoms with Crippen LogP contribution in [0.2, 0.25) is 0 Å². The molecule has 1 heterocycles. The Bertz CT molecular complexity index is 550. The molecule has 2 aliphatic rings. The first kappa shape index (κ1) is 18.2. The predicted molar refractivity (Wildman–Crippen MR) is 99.4 cm³/mol. The molecule has 1 aromatic carbocycles. The van der Waals surface area contributed by atoms with Gasteiger partial charge in [-0.1, -0.05) is 37.1 Å². The number of nitrogens with one attached hydrogen (secondary N) is 1. The summed E-state index contributed by atoms with van der Waals surface area (Å²) in [6.45, 7) is 7.55. The Morgan fingerprint density at radius 1 is 1.12 bits per heavy atom. The minimum atomic E-state index is 0.0530. The molecular weight excluding hydrogens is 314 g/mol. The quantitative estimate of drug-likeness (QED) is 0.862. The Hall–Kier alpha value is -1.59. The number of nitrogens with zero attached hydrogens (tertiary/aromatic N) is 2. The summed E-state index contributed by atoms with van der Waals surface area (Å²) in [5.74, 6) is 0. The molecule has 1 saturated carbocycles. The first-order chi connectivity index (χ1) is 12.3. The molecule has 138 valence electrons. The van der Waals surface area contributed by atoms with Crippen LogP contribution >= 0.6 is 0 Å². The van der Waals surface area contributed by atoms with Crippen molar-refractivity contribution in [2.24, 2.45) is 0 Å². The molecule has 1 N–H and O–H groups in total. The Morgan fingerprint density at radius 3 is 2.48 bits per heavy atom. The zero-order valence-corrected chi connectivity index (χ0v) is 15.4. The van der Waals surface area contributed by atoms with Crippen LogP contribution in [-0.2, 0) is 17.9 Å². The van der Waals surface area contributed by atoms with E-state index < -0.39 is 0 Å². The number of amides is 2. The first-order valence-corrected chi connectivity index (χ1v) is 9.69. The van der Waals surface area contributed by atoms with Crippen molar-refractivity contribution in [2.45, 2.75) is 51.8 Å². The highest BCUT2D eigenvalue weighted by Gasteiger charge is 2.27. The maximum absolute atomic E-state index is 12.5. The van der Waals surface area contributed by atoms with Crippen LogP contribution in [0.15, 0.2) is 24.3 Å². The zero-order chi connectivity index (χ0) is 17.5. The van der Waals surface area contributed by atoms with E-state index in [9.17, 15) is 4.79 Å². The van der Waals surface area contributed by atoms with Gasteiger partial charge in [0.05, 0.1) is 6.61 Å². The van der Waals surface area contributed by atoms with E-state index in [1.54, 1.807) is 0 Å². The second-order valence-electron chi connectivity index (χ2n) is 7.03. The summed E-state index contributed by atoms with van der Waals surface area (Å²) in [4.78, 5) is 17.0. The summed E-state index contributed by atoms with van der Waals surface area (Å²) in [5.41, 5.74) is 2.28. The van der Waals surface area contributed by atoms with E-state index in [-0.39, 0.29) is 6.03 Å². The number of hydrogen-bond acceptors (Lipinski definition) is 3. The van der Waals surface area contributed by atoms with Crippen LogP contribution in [0, 0.1) is 0 Å². The first-order valence-electron chi connectivity index (χ1n) is 9.69. The van der Waals surface area contributed by atoms with E-state index in [0.29, 0.717) is 19.8 Å². The molecule has 1 aliphatic carbocycles. The van der Waals surface area contributed by atoms with Crippen LogP contribution in [0.5, 0.6) is 0 Å². The Morgan fingerprint density at radius 2 is 1.80 bits per heavy atom. The van der Waals surface area contributed by atoms with Crippen LogP contribution in [0.4, 0.5) is 4.79 Å². The fourth-order valence-electron chi connectivity index (χ4n) is 3.92. The number of rotatable bonds is 6. The maximum Gasteiger partial charge on any atom is 0.317 e. The number of ether oxygens (including phenoxy) is 1. The molecule has 0 radical (unpaired) electrons. The van der Waals surface area contributed by atoms with E-state index in [4.69, 9.17) is 4.74 Å². The normalized spacial score (nSPS) is 19.3. The van der Waals surface area contributed by atoms with Crippen molar-refractivity contribution in [3.63, 3.8) is 0 Å². The molecule has 0 aromatic heterocycles. The minimum Gasteiger partial charge on any atom is -0.377 e. The maximum atomic E-state index is 12.5. The predicted octanol–water partition coefficient (Wildman–Crippen LogP) is 2.99. The fraction of sp³-hybridized carbons (Fsp3) is 0.650. The smallest absolute Gasteiger partial charge is 0.317 e. The van der Waals surface area contributed by atoms with Gasteiger partial charge in [0.1, 0.15) is 0 Å². The van der Waals surface area contributed by atoms with Gasteiger partial charge in [0.15, 0.2) is 0 Å². The van der Waals surface area contributed by atoms with Gasteiger partial charge in [0.25, 0.3) is 0 Å². The molecule has 5 nitrogen and oxygen atoms in total. The van der Waals surface area contributed by atoms with Gasteiger partial charge in [0.2, 0.25) is 0 Å². The Kier molecular flexibility index (Phi) is 6.70. The summed E-state index contributed by atoms with van der Waals surface area (Å²) in [7, 11) is 0. The van der Waals surface area contributed by atoms with Crippen molar-refractivity contribution in [1.82, 2.24) is 15.1 Å². The van der Waals surface area contributed by atoms with Gasteiger partial charge in [-0.25, -0.2) is 4.79 Å². The lowest BCUT2D eigenvalue weighted by Gasteiger charge is -2.38. The fourth-order valence-corrected chi connectivity index (χ4v) is 3.92. The van der Waals surface area contributed by atoms with E-state index in [1.807, 2.05) is 24.0 Å². The van der Waals surface area contributed by atoms with E-state index in [1.165, 1.54) is 25.7 Å². The summed E-state index contributed by atoms with van der Waals surface area (Å²) < 4.78 is 5.52. The second kappa shape index (κ2) is 9.20. The van der Waals surface area contributed by atoms with Crippen molar-refractivity contribution in [1.29, 1.82) is 0 Å². The van der Waals surface area contributed by atoms with Crippen LogP contribution in [0.3, 0.4) is 0 Å². The zero-order valence-electron chi connectivity index (χ0n) is 15.4.